The van der Waals surface area contributed by atoms with Gasteiger partial charge in [0.2, 0.25) is 5.95 Å². The first-order chi connectivity index (χ1) is 15.4. The van der Waals surface area contributed by atoms with Gasteiger partial charge in [0.25, 0.3) is 6.47 Å². The second kappa shape index (κ2) is 10.2. The molecule has 1 aliphatic heterocycles. The second-order valence-electron chi connectivity index (χ2n) is 6.98. The van der Waals surface area contributed by atoms with Gasteiger partial charge in [-0.2, -0.15) is 0 Å². The van der Waals surface area contributed by atoms with Crippen LogP contribution in [0.25, 0.3) is 22.3 Å². The van der Waals surface area contributed by atoms with E-state index in [-0.39, 0.29) is 17.4 Å². The van der Waals surface area contributed by atoms with E-state index in [9.17, 15) is 12.8 Å². The van der Waals surface area contributed by atoms with Crippen molar-refractivity contribution < 1.29 is 22.7 Å². The van der Waals surface area contributed by atoms with Gasteiger partial charge in [0.1, 0.15) is 5.82 Å². The molecule has 1 saturated heterocycles. The van der Waals surface area contributed by atoms with Crippen molar-refractivity contribution in [3.8, 4) is 22.3 Å². The number of rotatable bonds is 4. The van der Waals surface area contributed by atoms with Crippen LogP contribution in [0.5, 0.6) is 0 Å². The number of piperidine rings is 1. The lowest BCUT2D eigenvalue weighted by Gasteiger charge is -2.23. The molecule has 4 N–H and O–H groups in total. The first-order valence-corrected chi connectivity index (χ1v) is 11.3. The molecular weight excluding hydrogens is 437 g/mol. The number of nitrogen functional groups attached to an aromatic ring is 1. The van der Waals surface area contributed by atoms with Crippen molar-refractivity contribution in [1.29, 1.82) is 0 Å². The number of nitrogens with zero attached hydrogens (tertiary/aromatic N) is 3. The fourth-order valence-electron chi connectivity index (χ4n) is 3.49. The number of nitrogens with one attached hydrogen (secondary N) is 1. The van der Waals surface area contributed by atoms with Crippen molar-refractivity contribution in [3.63, 3.8) is 0 Å². The average Bonchev–Trinajstić information content (AvgIpc) is 2.81. The molecule has 32 heavy (non-hydrogen) atoms. The van der Waals surface area contributed by atoms with Crippen molar-refractivity contribution in [3.05, 3.63) is 54.7 Å². The van der Waals surface area contributed by atoms with Gasteiger partial charge in [0.15, 0.2) is 14.9 Å². The number of carbonyl (C=O) groups is 1. The van der Waals surface area contributed by atoms with Gasteiger partial charge < -0.3 is 16.2 Å². The Morgan fingerprint density at radius 1 is 1.06 bits per heavy atom. The molecule has 9 nitrogen and oxygen atoms in total. The molecule has 3 heterocycles. The largest absolute Gasteiger partial charge is 0.483 e. The summed E-state index contributed by atoms with van der Waals surface area (Å²) in [5.41, 5.74) is 7.11. The minimum atomic E-state index is -3.63. The number of aromatic nitrogens is 3. The van der Waals surface area contributed by atoms with Crippen molar-refractivity contribution in [2.45, 2.75) is 23.1 Å². The standard InChI is InChI=1S/C20H20FN5O2S.CH2O2/c21-18-10-13(3-4-16(18)14-11-25-20(22)26-12-14)17-2-1-7-24-19(17)29(27,28)15-5-8-23-9-6-15;2-1-3/h1-4,7,10-12,15,23H,5-6,8-9H2,(H2,22,25,26);1H,(H,2,3). The minimum Gasteiger partial charge on any atom is -0.483 e. The third kappa shape index (κ3) is 5.06. The van der Waals surface area contributed by atoms with Gasteiger partial charge in [0.05, 0.1) is 5.25 Å². The quantitative estimate of drug-likeness (QED) is 0.499. The Morgan fingerprint density at radius 3 is 2.34 bits per heavy atom. The summed E-state index contributed by atoms with van der Waals surface area (Å²) in [4.78, 5) is 20.3. The van der Waals surface area contributed by atoms with Gasteiger partial charge in [-0.25, -0.2) is 27.8 Å². The van der Waals surface area contributed by atoms with E-state index in [4.69, 9.17) is 15.6 Å². The van der Waals surface area contributed by atoms with Crippen LogP contribution in [0.3, 0.4) is 0 Å². The fraction of sp³-hybridized carbons (Fsp3) is 0.238. The fourth-order valence-corrected chi connectivity index (χ4v) is 5.37. The highest BCUT2D eigenvalue weighted by Crippen LogP contribution is 2.33. The Balaban J connectivity index is 0.000000913. The maximum absolute atomic E-state index is 14.8. The summed E-state index contributed by atoms with van der Waals surface area (Å²) >= 11 is 0. The first kappa shape index (κ1) is 23.2. The Hall–Kier alpha value is -3.44. The van der Waals surface area contributed by atoms with Crippen LogP contribution >= 0.6 is 0 Å². The van der Waals surface area contributed by atoms with Crippen LogP contribution in [0.1, 0.15) is 12.8 Å². The number of nitrogens with two attached hydrogens (primary N) is 1. The highest BCUT2D eigenvalue weighted by molar-refractivity contribution is 7.92. The van der Waals surface area contributed by atoms with Crippen LogP contribution in [0, 0.1) is 5.82 Å². The number of hydrogen-bond acceptors (Lipinski definition) is 8. The summed E-state index contributed by atoms with van der Waals surface area (Å²) in [6.45, 7) is 1.05. The topological polar surface area (TPSA) is 148 Å². The first-order valence-electron chi connectivity index (χ1n) is 9.73. The number of benzene rings is 1. The molecule has 0 atom stereocenters. The molecule has 3 aromatic rings. The number of pyridine rings is 1. The summed E-state index contributed by atoms with van der Waals surface area (Å²) < 4.78 is 41.2. The molecule has 0 amide bonds. The predicted octanol–water partition coefficient (Wildman–Crippen LogP) is 2.15. The van der Waals surface area contributed by atoms with E-state index in [0.29, 0.717) is 48.2 Å². The highest BCUT2D eigenvalue weighted by atomic mass is 32.2. The summed E-state index contributed by atoms with van der Waals surface area (Å²) in [5, 5.41) is 9.56. The van der Waals surface area contributed by atoms with E-state index in [1.54, 1.807) is 24.3 Å². The highest BCUT2D eigenvalue weighted by Gasteiger charge is 2.32. The van der Waals surface area contributed by atoms with Crippen LogP contribution < -0.4 is 11.1 Å². The van der Waals surface area contributed by atoms with Crippen LogP contribution in [0.15, 0.2) is 53.9 Å². The third-order valence-corrected chi connectivity index (χ3v) is 7.24. The summed E-state index contributed by atoms with van der Waals surface area (Å²) in [6.07, 6.45) is 5.40. The zero-order valence-electron chi connectivity index (χ0n) is 17.0. The van der Waals surface area contributed by atoms with Crippen molar-refractivity contribution in [1.82, 2.24) is 20.3 Å². The number of carboxylic acid groups (broad SMARTS) is 1. The van der Waals surface area contributed by atoms with E-state index in [1.807, 2.05) is 0 Å². The van der Waals surface area contributed by atoms with Gasteiger partial charge in [-0.15, -0.1) is 0 Å². The summed E-state index contributed by atoms with van der Waals surface area (Å²) in [7, 11) is -3.63. The number of anilines is 1. The Bertz CT molecular complexity index is 1180. The molecule has 0 unspecified atom stereocenters. The number of hydrogen-bond donors (Lipinski definition) is 3. The monoisotopic (exact) mass is 459 g/mol. The van der Waals surface area contributed by atoms with Gasteiger partial charge in [0, 0.05) is 35.3 Å². The lowest BCUT2D eigenvalue weighted by Crippen LogP contribution is -2.36. The molecule has 0 aliphatic carbocycles. The summed E-state index contributed by atoms with van der Waals surface area (Å²) in [5.74, 6) is -0.404. The van der Waals surface area contributed by atoms with Crippen LogP contribution in [-0.4, -0.2) is 53.3 Å². The summed E-state index contributed by atoms with van der Waals surface area (Å²) in [6, 6.07) is 7.86. The molecule has 1 fully saturated rings. The van der Waals surface area contributed by atoms with Gasteiger partial charge in [-0.1, -0.05) is 12.1 Å². The van der Waals surface area contributed by atoms with Crippen LogP contribution in [0.2, 0.25) is 0 Å². The molecule has 168 valence electrons. The van der Waals surface area contributed by atoms with Crippen LogP contribution in [-0.2, 0) is 14.6 Å². The molecule has 0 saturated carbocycles. The Labute approximate surface area is 184 Å². The van der Waals surface area contributed by atoms with E-state index < -0.39 is 20.9 Å². The predicted molar refractivity (Wildman–Crippen MR) is 117 cm³/mol. The maximum atomic E-state index is 14.8. The molecule has 1 aliphatic rings. The van der Waals surface area contributed by atoms with Gasteiger partial charge >= 0.3 is 0 Å². The second-order valence-corrected chi connectivity index (χ2v) is 9.12. The molecular formula is C21H22FN5O4S. The zero-order valence-corrected chi connectivity index (χ0v) is 17.8. The van der Waals surface area contributed by atoms with Crippen molar-refractivity contribution >= 4 is 22.3 Å². The van der Waals surface area contributed by atoms with Gasteiger partial charge in [-0.3, -0.25) is 4.79 Å². The van der Waals surface area contributed by atoms with Crippen molar-refractivity contribution in [2.24, 2.45) is 0 Å². The zero-order chi connectivity index (χ0) is 23.1. The molecule has 0 spiro atoms. The minimum absolute atomic E-state index is 0.00475. The number of halogens is 1. The van der Waals surface area contributed by atoms with E-state index in [2.05, 4.69) is 20.3 Å². The SMILES string of the molecule is Nc1ncc(-c2ccc(-c3cccnc3S(=O)(=O)C3CCNCC3)cc2F)cn1.O=CO. The number of sulfone groups is 1. The average molecular weight is 460 g/mol. The van der Waals surface area contributed by atoms with Crippen LogP contribution in [0.4, 0.5) is 10.3 Å². The Kier molecular flexibility index (Phi) is 7.44. The van der Waals surface area contributed by atoms with Gasteiger partial charge in [-0.05, 0) is 49.7 Å². The third-order valence-electron chi connectivity index (χ3n) is 5.03. The lowest BCUT2D eigenvalue weighted by atomic mass is 10.0. The maximum Gasteiger partial charge on any atom is 0.290 e. The van der Waals surface area contributed by atoms with E-state index >= 15 is 0 Å². The Morgan fingerprint density at radius 2 is 1.72 bits per heavy atom. The molecule has 0 bridgehead atoms. The normalized spacial score (nSPS) is 14.3. The van der Waals surface area contributed by atoms with Crippen molar-refractivity contribution in [2.75, 3.05) is 18.8 Å². The van der Waals surface area contributed by atoms with E-state index in [1.165, 1.54) is 24.7 Å². The molecule has 11 heteroatoms. The smallest absolute Gasteiger partial charge is 0.290 e. The lowest BCUT2D eigenvalue weighted by molar-refractivity contribution is -0.122. The molecule has 4 rings (SSSR count). The molecule has 1 aromatic carbocycles. The van der Waals surface area contributed by atoms with E-state index in [0.717, 1.165) is 0 Å². The molecule has 2 aromatic heterocycles. The molecule has 0 radical (unpaired) electrons.